The van der Waals surface area contributed by atoms with E-state index in [1.54, 1.807) is 0 Å². The second kappa shape index (κ2) is 12.4. The van der Waals surface area contributed by atoms with E-state index < -0.39 is 64.6 Å². The number of aliphatic carboxylic acids is 1. The van der Waals surface area contributed by atoms with Gasteiger partial charge in [-0.3, -0.25) is 0 Å². The maximum atomic E-state index is 13.2. The number of para-hydroxylation sites is 1. The molecule has 6 nitrogen and oxygen atoms in total. The van der Waals surface area contributed by atoms with Gasteiger partial charge in [0, 0.05) is 18.9 Å². The molecule has 0 radical (unpaired) electrons. The van der Waals surface area contributed by atoms with Gasteiger partial charge in [0.05, 0.1) is 23.6 Å². The Kier molecular flexibility index (Phi) is 9.79. The van der Waals surface area contributed by atoms with Crippen molar-refractivity contribution in [1.82, 2.24) is 4.98 Å². The quantitative estimate of drug-likeness (QED) is 0.420. The number of aliphatic hydroxyl groups is 1. The van der Waals surface area contributed by atoms with Gasteiger partial charge in [-0.25, -0.2) is 4.98 Å². The van der Waals surface area contributed by atoms with E-state index in [2.05, 4.69) is 9.72 Å². The van der Waals surface area contributed by atoms with E-state index in [0.29, 0.717) is 32.2 Å². The first-order chi connectivity index (χ1) is 19.4. The highest BCUT2D eigenvalue weighted by atomic mass is 19.4. The van der Waals surface area contributed by atoms with Crippen molar-refractivity contribution in [2.24, 2.45) is 0 Å². The van der Waals surface area contributed by atoms with E-state index >= 15 is 0 Å². The third-order valence-corrected chi connectivity index (χ3v) is 6.83. The van der Waals surface area contributed by atoms with Crippen LogP contribution >= 0.6 is 0 Å². The number of fused-ring (bicyclic) bond motifs is 1. The number of halogens is 9. The first kappa shape index (κ1) is 33.1. The van der Waals surface area contributed by atoms with Crippen molar-refractivity contribution in [1.29, 1.82) is 0 Å². The standard InChI is InChI=1S/C17H16F6N2O.C10H9F3O3/c18-16(19,20)11-5-3-4-9-10(15(26)12-6-1-2-7-24-12)8-13(17(21,22)23)25-14(9)11;1-16-9(8(14)15,10(11,12)13)7-5-3-2-4-6-7/h3-5,8,12,15,24,26H,1-2,6-7H2;2-6H,1H3,(H,14,15). The summed E-state index contributed by atoms with van der Waals surface area (Å²) in [6.07, 6.45) is -13.9. The number of nitrogens with two attached hydrogens (primary N) is 1. The van der Waals surface area contributed by atoms with Gasteiger partial charge in [-0.2, -0.15) is 39.5 Å². The molecule has 2 aromatic carbocycles. The number of alkyl halides is 9. The highest BCUT2D eigenvalue weighted by Crippen LogP contribution is 2.42. The molecule has 3 aromatic rings. The minimum Gasteiger partial charge on any atom is -0.546 e. The van der Waals surface area contributed by atoms with E-state index in [1.807, 2.05) is 5.32 Å². The molecule has 1 aliphatic heterocycles. The number of ether oxygens (including phenoxy) is 1. The Labute approximate surface area is 233 Å². The molecule has 3 atom stereocenters. The highest BCUT2D eigenvalue weighted by Gasteiger charge is 2.58. The zero-order chi connectivity index (χ0) is 31.5. The van der Waals surface area contributed by atoms with Crippen molar-refractivity contribution in [2.45, 2.75) is 55.5 Å². The summed E-state index contributed by atoms with van der Waals surface area (Å²) < 4.78 is 122. The van der Waals surface area contributed by atoms with Gasteiger partial charge in [0.2, 0.25) is 5.60 Å². The van der Waals surface area contributed by atoms with Gasteiger partial charge in [0.1, 0.15) is 17.8 Å². The van der Waals surface area contributed by atoms with Crippen LogP contribution in [0.15, 0.2) is 54.6 Å². The Bertz CT molecular complexity index is 1370. The van der Waals surface area contributed by atoms with Crippen molar-refractivity contribution >= 4 is 16.9 Å². The molecule has 0 bridgehead atoms. The van der Waals surface area contributed by atoms with Gasteiger partial charge in [0.15, 0.2) is 0 Å². The van der Waals surface area contributed by atoms with Crippen LogP contribution < -0.4 is 10.4 Å². The number of benzene rings is 2. The summed E-state index contributed by atoms with van der Waals surface area (Å²) in [5, 5.41) is 23.1. The summed E-state index contributed by atoms with van der Waals surface area (Å²) >= 11 is 0. The normalized spacial score (nSPS) is 18.5. The molecule has 15 heteroatoms. The minimum atomic E-state index is -5.10. The number of carboxylic acid groups (broad SMARTS) is 1. The van der Waals surface area contributed by atoms with E-state index in [1.165, 1.54) is 24.3 Å². The summed E-state index contributed by atoms with van der Waals surface area (Å²) in [6.45, 7) is 0.713. The van der Waals surface area contributed by atoms with Crippen molar-refractivity contribution in [2.75, 3.05) is 13.7 Å². The van der Waals surface area contributed by atoms with Crippen LogP contribution in [0.4, 0.5) is 39.5 Å². The fraction of sp³-hybridized carbons (Fsp3) is 0.407. The Hall–Kier alpha value is -3.43. The first-order valence-electron chi connectivity index (χ1n) is 12.4. The molecule has 3 unspecified atom stereocenters. The molecule has 1 saturated heterocycles. The number of piperidine rings is 1. The molecule has 1 fully saturated rings. The molecule has 1 aromatic heterocycles. The lowest BCUT2D eigenvalue weighted by atomic mass is 9.91. The number of carboxylic acids is 1. The molecule has 0 amide bonds. The molecule has 0 saturated carbocycles. The van der Waals surface area contributed by atoms with E-state index in [0.717, 1.165) is 31.0 Å². The molecule has 230 valence electrons. The topological polar surface area (TPSA) is 99.1 Å². The summed E-state index contributed by atoms with van der Waals surface area (Å²) in [7, 11) is 0.677. The van der Waals surface area contributed by atoms with Gasteiger partial charge < -0.3 is 25.1 Å². The van der Waals surface area contributed by atoms with Gasteiger partial charge in [-0.05, 0) is 36.1 Å². The van der Waals surface area contributed by atoms with Crippen LogP contribution in [0, 0.1) is 0 Å². The monoisotopic (exact) mass is 612 g/mol. The summed E-state index contributed by atoms with van der Waals surface area (Å²) in [5.41, 5.74) is -7.59. The van der Waals surface area contributed by atoms with Gasteiger partial charge >= 0.3 is 18.5 Å². The molecule has 42 heavy (non-hydrogen) atoms. The predicted octanol–water partition coefficient (Wildman–Crippen LogP) is 4.26. The largest absolute Gasteiger partial charge is 0.546 e. The van der Waals surface area contributed by atoms with Crippen LogP contribution in [0.2, 0.25) is 0 Å². The number of nitrogens with zero attached hydrogens (tertiary/aromatic N) is 1. The molecule has 1 aliphatic rings. The molecular formula is C27H25F9N2O4. The summed E-state index contributed by atoms with van der Waals surface area (Å²) in [6, 6.07) is 9.42. The van der Waals surface area contributed by atoms with Gasteiger partial charge in [-0.1, -0.05) is 42.5 Å². The van der Waals surface area contributed by atoms with Crippen LogP contribution in [-0.2, 0) is 27.5 Å². The number of aromatic nitrogens is 1. The van der Waals surface area contributed by atoms with Gasteiger partial charge in [-0.15, -0.1) is 0 Å². The molecule has 0 spiro atoms. The summed E-state index contributed by atoms with van der Waals surface area (Å²) in [4.78, 5) is 14.0. The Morgan fingerprint density at radius 1 is 0.976 bits per heavy atom. The zero-order valence-electron chi connectivity index (χ0n) is 21.8. The van der Waals surface area contributed by atoms with Crippen LogP contribution in [0.3, 0.4) is 0 Å². The second-order valence-corrected chi connectivity index (χ2v) is 9.46. The second-order valence-electron chi connectivity index (χ2n) is 9.46. The predicted molar refractivity (Wildman–Crippen MR) is 127 cm³/mol. The van der Waals surface area contributed by atoms with E-state index in [-0.39, 0.29) is 10.9 Å². The maximum absolute atomic E-state index is 13.2. The van der Waals surface area contributed by atoms with Crippen LogP contribution in [0.25, 0.3) is 10.9 Å². The Balaban J connectivity index is 0.000000260. The van der Waals surface area contributed by atoms with Crippen molar-refractivity contribution < 1.29 is 64.6 Å². The average molecular weight is 612 g/mol. The number of hydrogen-bond donors (Lipinski definition) is 2. The Morgan fingerprint density at radius 2 is 1.62 bits per heavy atom. The van der Waals surface area contributed by atoms with Crippen LogP contribution in [-0.4, -0.2) is 41.9 Å². The lowest BCUT2D eigenvalue weighted by molar-refractivity contribution is -0.705. The third-order valence-electron chi connectivity index (χ3n) is 6.83. The molecule has 0 aliphatic carbocycles. The smallest absolute Gasteiger partial charge is 0.433 e. The highest BCUT2D eigenvalue weighted by molar-refractivity contribution is 5.86. The maximum Gasteiger partial charge on any atom is 0.433 e. The number of aliphatic hydroxyl groups excluding tert-OH is 1. The van der Waals surface area contributed by atoms with Crippen molar-refractivity contribution in [3.05, 3.63) is 77.0 Å². The number of hydrogen-bond acceptors (Lipinski definition) is 5. The fourth-order valence-electron chi connectivity index (χ4n) is 4.77. The lowest BCUT2D eigenvalue weighted by Gasteiger charge is -2.35. The fourth-order valence-corrected chi connectivity index (χ4v) is 4.77. The zero-order valence-corrected chi connectivity index (χ0v) is 21.8. The number of carbonyl (C=O) groups excluding carboxylic acids is 1. The van der Waals surface area contributed by atoms with E-state index in [4.69, 9.17) is 0 Å². The number of methoxy groups -OCH3 is 1. The number of rotatable bonds is 5. The van der Waals surface area contributed by atoms with Crippen LogP contribution in [0.5, 0.6) is 0 Å². The number of pyridine rings is 1. The van der Waals surface area contributed by atoms with Gasteiger partial charge in [0.25, 0.3) is 0 Å². The summed E-state index contributed by atoms with van der Waals surface area (Å²) in [5.74, 6) is -2.34. The third kappa shape index (κ3) is 6.79. The van der Waals surface area contributed by atoms with E-state index in [9.17, 15) is 54.5 Å². The van der Waals surface area contributed by atoms with Crippen molar-refractivity contribution in [3.63, 3.8) is 0 Å². The molecule has 3 N–H and O–H groups in total. The first-order valence-corrected chi connectivity index (χ1v) is 12.4. The molecule has 2 heterocycles. The van der Waals surface area contributed by atoms with Crippen LogP contribution in [0.1, 0.15) is 47.8 Å². The molecular weight excluding hydrogens is 587 g/mol. The van der Waals surface area contributed by atoms with Crippen molar-refractivity contribution in [3.8, 4) is 0 Å². The average Bonchev–Trinajstić information content (AvgIpc) is 2.92. The minimum absolute atomic E-state index is 0.112. The number of quaternary nitrogens is 1. The lowest BCUT2D eigenvalue weighted by Crippen LogP contribution is -2.92. The number of carbonyl (C=O) groups is 1. The SMILES string of the molecule is COC(C(=O)[O-])(c1ccccc1)C(F)(F)F.OC(c1cc(C(F)(F)F)nc2c(C(F)(F)F)cccc12)C1CCCC[NH2+]1. The molecule has 4 rings (SSSR count). The Morgan fingerprint density at radius 3 is 2.10 bits per heavy atom.